The highest BCUT2D eigenvalue weighted by molar-refractivity contribution is 14.0. The van der Waals surface area contributed by atoms with Gasteiger partial charge in [-0.2, -0.15) is 0 Å². The summed E-state index contributed by atoms with van der Waals surface area (Å²) in [4.78, 5) is 4.67. The molecule has 142 valence electrons. The molecule has 0 saturated heterocycles. The molecule has 3 unspecified atom stereocenters. The molecule has 1 aliphatic rings. The van der Waals surface area contributed by atoms with E-state index in [1.807, 2.05) is 31.2 Å². The Morgan fingerprint density at radius 1 is 1.36 bits per heavy atom. The van der Waals surface area contributed by atoms with Gasteiger partial charge in [0, 0.05) is 39.4 Å². The van der Waals surface area contributed by atoms with Crippen LogP contribution in [0, 0.1) is 0 Å². The monoisotopic (exact) mass is 497 g/mol. The maximum atomic E-state index is 12.1. The minimum Gasteiger partial charge on any atom is -0.357 e. The Labute approximate surface area is 176 Å². The van der Waals surface area contributed by atoms with Crippen LogP contribution in [0.15, 0.2) is 29.3 Å². The van der Waals surface area contributed by atoms with Gasteiger partial charge in [0.05, 0.1) is 6.54 Å². The Bertz CT molecular complexity index is 585. The molecule has 0 aliphatic heterocycles. The quantitative estimate of drug-likeness (QED) is 0.354. The van der Waals surface area contributed by atoms with Crippen molar-refractivity contribution in [2.24, 2.45) is 4.99 Å². The summed E-state index contributed by atoms with van der Waals surface area (Å²) < 4.78 is 12.1. The van der Waals surface area contributed by atoms with Gasteiger partial charge in [-0.1, -0.05) is 37.1 Å². The van der Waals surface area contributed by atoms with Crippen LogP contribution >= 0.6 is 35.6 Å². The predicted octanol–water partition coefficient (Wildman–Crippen LogP) is 4.09. The number of nitrogens with one attached hydrogen (secondary N) is 2. The third-order valence-corrected chi connectivity index (χ3v) is 6.25. The van der Waals surface area contributed by atoms with Gasteiger partial charge in [0.1, 0.15) is 0 Å². The van der Waals surface area contributed by atoms with Crippen molar-refractivity contribution in [2.45, 2.75) is 57.4 Å². The van der Waals surface area contributed by atoms with E-state index in [2.05, 4.69) is 22.5 Å². The molecular weight excluding hydrogens is 469 g/mol. The number of hydrogen-bond acceptors (Lipinski definition) is 2. The summed E-state index contributed by atoms with van der Waals surface area (Å²) in [6.45, 7) is 5.47. The van der Waals surface area contributed by atoms with Crippen molar-refractivity contribution in [3.8, 4) is 0 Å². The molecule has 2 rings (SSSR count). The number of benzene rings is 1. The van der Waals surface area contributed by atoms with E-state index in [1.165, 1.54) is 0 Å². The van der Waals surface area contributed by atoms with Gasteiger partial charge >= 0.3 is 0 Å². The standard InChI is InChI=1S/C18H28ClN3OS.HI/c1-3-20-18(21-13-14-7-5-8-15(19)11-14)22-16-9-6-10-17(12-16)24(23)4-2;/h5,7-8,11,16-17H,3-4,6,9-10,12-13H2,1-2H3,(H2,20,21,22);1H. The van der Waals surface area contributed by atoms with Crippen LogP contribution in [0.5, 0.6) is 0 Å². The van der Waals surface area contributed by atoms with Crippen LogP contribution in [-0.4, -0.2) is 33.8 Å². The van der Waals surface area contributed by atoms with E-state index in [1.54, 1.807) is 0 Å². The molecule has 4 nitrogen and oxygen atoms in total. The second kappa shape index (κ2) is 12.1. The summed E-state index contributed by atoms with van der Waals surface area (Å²) in [7, 11) is -0.704. The van der Waals surface area contributed by atoms with Crippen molar-refractivity contribution < 1.29 is 4.21 Å². The second-order valence-electron chi connectivity index (χ2n) is 6.12. The van der Waals surface area contributed by atoms with Gasteiger partial charge < -0.3 is 10.6 Å². The van der Waals surface area contributed by atoms with E-state index in [-0.39, 0.29) is 24.0 Å². The van der Waals surface area contributed by atoms with Gasteiger partial charge in [0.25, 0.3) is 0 Å². The maximum absolute atomic E-state index is 12.1. The van der Waals surface area contributed by atoms with Gasteiger partial charge in [0.2, 0.25) is 0 Å². The number of aliphatic imine (C=N–C) groups is 1. The zero-order valence-electron chi connectivity index (χ0n) is 15.0. The Morgan fingerprint density at radius 2 is 2.16 bits per heavy atom. The van der Waals surface area contributed by atoms with Crippen molar-refractivity contribution in [1.29, 1.82) is 0 Å². The highest BCUT2D eigenvalue weighted by Crippen LogP contribution is 2.23. The van der Waals surface area contributed by atoms with Gasteiger partial charge in [-0.05, 0) is 43.9 Å². The molecule has 1 saturated carbocycles. The van der Waals surface area contributed by atoms with Crippen molar-refractivity contribution in [3.63, 3.8) is 0 Å². The summed E-state index contributed by atoms with van der Waals surface area (Å²) >= 11 is 6.03. The minimum absolute atomic E-state index is 0. The van der Waals surface area contributed by atoms with Crippen LogP contribution in [0.2, 0.25) is 5.02 Å². The van der Waals surface area contributed by atoms with Crippen LogP contribution in [0.3, 0.4) is 0 Å². The molecule has 25 heavy (non-hydrogen) atoms. The smallest absolute Gasteiger partial charge is 0.191 e. The second-order valence-corrected chi connectivity index (χ2v) is 8.57. The Hall–Kier alpha value is -0.340. The molecule has 0 heterocycles. The fraction of sp³-hybridized carbons (Fsp3) is 0.611. The van der Waals surface area contributed by atoms with Crippen LogP contribution in [0.4, 0.5) is 0 Å². The molecule has 7 heteroatoms. The third-order valence-electron chi connectivity index (χ3n) is 4.28. The summed E-state index contributed by atoms with van der Waals surface area (Å²) in [5.41, 5.74) is 1.09. The van der Waals surface area contributed by atoms with E-state index in [9.17, 15) is 4.21 Å². The summed E-state index contributed by atoms with van der Waals surface area (Å²) in [5, 5.41) is 7.88. The van der Waals surface area contributed by atoms with Crippen molar-refractivity contribution in [1.82, 2.24) is 10.6 Å². The molecule has 0 aromatic heterocycles. The van der Waals surface area contributed by atoms with E-state index in [4.69, 9.17) is 11.6 Å². The van der Waals surface area contributed by atoms with E-state index >= 15 is 0 Å². The normalized spacial score (nSPS) is 22.0. The Morgan fingerprint density at radius 3 is 2.84 bits per heavy atom. The van der Waals surface area contributed by atoms with Gasteiger partial charge in [-0.15, -0.1) is 24.0 Å². The highest BCUT2D eigenvalue weighted by Gasteiger charge is 2.25. The van der Waals surface area contributed by atoms with Crippen LogP contribution in [0.25, 0.3) is 0 Å². The van der Waals surface area contributed by atoms with Gasteiger partial charge in [-0.3, -0.25) is 4.21 Å². The van der Waals surface area contributed by atoms with Crippen molar-refractivity contribution in [2.75, 3.05) is 12.3 Å². The van der Waals surface area contributed by atoms with Crippen LogP contribution < -0.4 is 10.6 Å². The average molecular weight is 498 g/mol. The molecule has 2 N–H and O–H groups in total. The van der Waals surface area contributed by atoms with E-state index < -0.39 is 10.8 Å². The maximum Gasteiger partial charge on any atom is 0.191 e. The number of rotatable bonds is 6. The lowest BCUT2D eigenvalue weighted by atomic mass is 9.95. The first-order chi connectivity index (χ1) is 11.6. The average Bonchev–Trinajstić information content (AvgIpc) is 2.59. The highest BCUT2D eigenvalue weighted by atomic mass is 127. The predicted molar refractivity (Wildman–Crippen MR) is 120 cm³/mol. The summed E-state index contributed by atoms with van der Waals surface area (Å²) in [6, 6.07) is 8.12. The lowest BCUT2D eigenvalue weighted by Gasteiger charge is -2.30. The first-order valence-corrected chi connectivity index (χ1v) is 10.5. The van der Waals surface area contributed by atoms with Gasteiger partial charge in [0.15, 0.2) is 5.96 Å². The molecule has 0 amide bonds. The molecule has 1 aromatic carbocycles. The van der Waals surface area contributed by atoms with Crippen LogP contribution in [0.1, 0.15) is 45.1 Å². The summed E-state index contributed by atoms with van der Waals surface area (Å²) in [5.74, 6) is 1.57. The van der Waals surface area contributed by atoms with E-state index in [0.717, 1.165) is 54.5 Å². The van der Waals surface area contributed by atoms with Crippen molar-refractivity contribution in [3.05, 3.63) is 34.9 Å². The molecule has 1 fully saturated rings. The molecule has 0 radical (unpaired) electrons. The fourth-order valence-electron chi connectivity index (χ4n) is 3.07. The number of hydrogen-bond donors (Lipinski definition) is 2. The third kappa shape index (κ3) is 7.83. The van der Waals surface area contributed by atoms with Crippen LogP contribution in [-0.2, 0) is 17.3 Å². The minimum atomic E-state index is -0.704. The molecule has 0 bridgehead atoms. The first-order valence-electron chi connectivity index (χ1n) is 8.78. The lowest BCUT2D eigenvalue weighted by Crippen LogP contribution is -2.46. The summed E-state index contributed by atoms with van der Waals surface area (Å²) in [6.07, 6.45) is 4.28. The fourth-order valence-corrected chi connectivity index (χ4v) is 4.63. The number of halogens is 2. The number of nitrogens with zero attached hydrogens (tertiary/aromatic N) is 1. The molecular formula is C18H29ClIN3OS. The number of guanidine groups is 1. The van der Waals surface area contributed by atoms with Gasteiger partial charge in [-0.25, -0.2) is 4.99 Å². The Kier molecular flexibility index (Phi) is 11.0. The molecule has 1 aromatic rings. The molecule has 3 atom stereocenters. The SMILES string of the molecule is CCNC(=NCc1cccc(Cl)c1)NC1CCCC(S(=O)CC)C1.I. The van der Waals surface area contributed by atoms with Crippen molar-refractivity contribution >= 4 is 52.3 Å². The lowest BCUT2D eigenvalue weighted by molar-refractivity contribution is 0.413. The molecule has 0 spiro atoms. The topological polar surface area (TPSA) is 53.5 Å². The van der Waals surface area contributed by atoms with E-state index in [0.29, 0.717) is 17.8 Å². The largest absolute Gasteiger partial charge is 0.357 e. The zero-order valence-corrected chi connectivity index (χ0v) is 18.9. The Balaban J connectivity index is 0.00000312. The molecule has 1 aliphatic carbocycles. The first kappa shape index (κ1) is 22.7. The zero-order chi connectivity index (χ0) is 17.4.